The van der Waals surface area contributed by atoms with E-state index in [4.69, 9.17) is 33.1 Å². The third-order valence-corrected chi connectivity index (χ3v) is 5.11. The van der Waals surface area contributed by atoms with Crippen molar-refractivity contribution in [2.24, 2.45) is 0 Å². The highest BCUT2D eigenvalue weighted by Crippen LogP contribution is 2.33. The summed E-state index contributed by atoms with van der Waals surface area (Å²) in [5, 5.41) is 44.3. The van der Waals surface area contributed by atoms with E-state index in [9.17, 15) is 15.3 Å². The molecule has 2 saturated heterocycles. The molecule has 0 bridgehead atoms. The summed E-state index contributed by atoms with van der Waals surface area (Å²) in [5.41, 5.74) is 0. The van der Waals surface area contributed by atoms with Crippen LogP contribution in [-0.4, -0.2) is 110 Å². The van der Waals surface area contributed by atoms with Crippen molar-refractivity contribution in [3.63, 3.8) is 0 Å². The predicted octanol–water partition coefficient (Wildman–Crippen LogP) is -1.47. The predicted molar refractivity (Wildman–Crippen MR) is 93.9 cm³/mol. The van der Waals surface area contributed by atoms with Gasteiger partial charge >= 0.3 is 0 Å². The van der Waals surface area contributed by atoms with Gasteiger partial charge in [-0.3, -0.25) is 9.44 Å². The van der Waals surface area contributed by atoms with Crippen LogP contribution in [0.1, 0.15) is 6.92 Å². The van der Waals surface area contributed by atoms with Crippen molar-refractivity contribution in [3.05, 3.63) is 0 Å². The van der Waals surface area contributed by atoms with Crippen molar-refractivity contribution >= 4 is 12.3 Å². The molecule has 2 heterocycles. The molecule has 2 fully saturated rings. The largest absolute Gasteiger partial charge is 0.387 e. The average molecular weight is 464 g/mol. The van der Waals surface area contributed by atoms with E-state index in [0.29, 0.717) is 12.3 Å². The Hall–Kier alpha value is -0.210. The second-order valence-corrected chi connectivity index (χ2v) is 6.95. The Kier molecular flexibility index (Phi) is 11.1. The quantitative estimate of drug-likeness (QED) is 0.121. The Morgan fingerprint density at radius 1 is 0.867 bits per heavy atom. The first-order chi connectivity index (χ1) is 14.4. The van der Waals surface area contributed by atoms with Crippen LogP contribution in [0.4, 0.5) is 0 Å². The third-order valence-electron chi connectivity index (χ3n) is 4.70. The van der Waals surface area contributed by atoms with Gasteiger partial charge in [0.25, 0.3) is 0 Å². The van der Waals surface area contributed by atoms with E-state index in [1.165, 1.54) is 21.3 Å². The molecular formula is C15H28O14S. The molecule has 10 unspecified atom stereocenters. The minimum absolute atomic E-state index is 0.356. The van der Waals surface area contributed by atoms with Gasteiger partial charge in [0.1, 0.15) is 49.3 Å². The molecule has 0 spiro atoms. The fourth-order valence-electron chi connectivity index (χ4n) is 3.25. The van der Waals surface area contributed by atoms with E-state index >= 15 is 0 Å². The first-order valence-electron chi connectivity index (χ1n) is 8.91. The molecule has 0 aromatic rings. The molecule has 178 valence electrons. The van der Waals surface area contributed by atoms with E-state index < -0.39 is 61.4 Å². The molecular weight excluding hydrogens is 436 g/mol. The SMILES string of the molecule is COOOSOC1C(O)C(OC)OC(C)C1OC1OC(COO)C(OC)C(O)C1O. The standard InChI is InChI=1S/C15H28O14S/c1-6-11(13(27-30-29-28-22-4)10(18)14(21-3)24-6)26-15-9(17)8(16)12(20-2)7(25-15)5-23-19/h6-19H,5H2,1-4H3. The van der Waals surface area contributed by atoms with E-state index in [2.05, 4.69) is 19.1 Å². The molecule has 0 aromatic heterocycles. The number of hydrogen-bond donors (Lipinski definition) is 4. The summed E-state index contributed by atoms with van der Waals surface area (Å²) >= 11 is 0.358. The lowest BCUT2D eigenvalue weighted by Crippen LogP contribution is -2.64. The van der Waals surface area contributed by atoms with Crippen LogP contribution in [0.5, 0.6) is 0 Å². The molecule has 0 radical (unpaired) electrons. The second kappa shape index (κ2) is 12.7. The van der Waals surface area contributed by atoms with Gasteiger partial charge in [-0.15, -0.1) is 4.33 Å². The molecule has 15 heteroatoms. The summed E-state index contributed by atoms with van der Waals surface area (Å²) < 4.78 is 37.1. The van der Waals surface area contributed by atoms with E-state index in [1.54, 1.807) is 6.92 Å². The molecule has 10 atom stereocenters. The summed E-state index contributed by atoms with van der Waals surface area (Å²) in [5.74, 6) is 0. The van der Waals surface area contributed by atoms with Crippen LogP contribution in [0.3, 0.4) is 0 Å². The third kappa shape index (κ3) is 6.18. The molecule has 0 aromatic carbocycles. The zero-order valence-corrected chi connectivity index (χ0v) is 17.6. The minimum Gasteiger partial charge on any atom is -0.387 e. The second-order valence-electron chi connectivity index (χ2n) is 6.49. The lowest BCUT2D eigenvalue weighted by molar-refractivity contribution is -0.450. The number of ether oxygens (including phenoxy) is 5. The fraction of sp³-hybridized carbons (Fsp3) is 1.00. The van der Waals surface area contributed by atoms with E-state index in [-0.39, 0.29) is 6.61 Å². The topological polar surface area (TPSA) is 173 Å². The summed E-state index contributed by atoms with van der Waals surface area (Å²) in [7, 11) is 3.86. The van der Waals surface area contributed by atoms with Gasteiger partial charge < -0.3 is 39.0 Å². The fourth-order valence-corrected chi connectivity index (χ4v) is 3.68. The molecule has 2 aliphatic heterocycles. The Morgan fingerprint density at radius 3 is 2.20 bits per heavy atom. The van der Waals surface area contributed by atoms with Crippen LogP contribution in [0.25, 0.3) is 0 Å². The summed E-state index contributed by atoms with van der Waals surface area (Å²) in [6.07, 6.45) is -11.5. The number of aliphatic hydroxyl groups is 3. The Balaban J connectivity index is 2.14. The molecule has 14 nitrogen and oxygen atoms in total. The monoisotopic (exact) mass is 464 g/mol. The van der Waals surface area contributed by atoms with Crippen LogP contribution in [0, 0.1) is 0 Å². The first kappa shape index (κ1) is 26.0. The Labute approximate surface area is 176 Å². The maximum absolute atomic E-state index is 10.5. The van der Waals surface area contributed by atoms with Crippen LogP contribution >= 0.6 is 12.3 Å². The smallest absolute Gasteiger partial charge is 0.198 e. The van der Waals surface area contributed by atoms with E-state index in [0.717, 1.165) is 0 Å². The molecule has 0 aliphatic carbocycles. The number of hydrogen-bond acceptors (Lipinski definition) is 15. The molecule has 0 saturated carbocycles. The highest BCUT2D eigenvalue weighted by Gasteiger charge is 2.51. The minimum atomic E-state index is -1.53. The summed E-state index contributed by atoms with van der Waals surface area (Å²) in [4.78, 5) is 8.35. The van der Waals surface area contributed by atoms with Crippen molar-refractivity contribution in [2.45, 2.75) is 68.3 Å². The van der Waals surface area contributed by atoms with Gasteiger partial charge in [-0.25, -0.2) is 9.78 Å². The van der Waals surface area contributed by atoms with Crippen molar-refractivity contribution in [3.8, 4) is 0 Å². The lowest BCUT2D eigenvalue weighted by atomic mass is 9.97. The lowest BCUT2D eigenvalue weighted by Gasteiger charge is -2.46. The molecule has 0 amide bonds. The van der Waals surface area contributed by atoms with Gasteiger partial charge in [0.05, 0.1) is 13.2 Å². The van der Waals surface area contributed by atoms with Gasteiger partial charge in [0.15, 0.2) is 24.9 Å². The average Bonchev–Trinajstić information content (AvgIpc) is 2.73. The van der Waals surface area contributed by atoms with E-state index in [1.807, 2.05) is 0 Å². The van der Waals surface area contributed by atoms with Crippen molar-refractivity contribution in [1.29, 1.82) is 0 Å². The highest BCUT2D eigenvalue weighted by molar-refractivity contribution is 7.89. The highest BCUT2D eigenvalue weighted by atomic mass is 32.2. The molecule has 4 N–H and O–H groups in total. The number of rotatable bonds is 11. The van der Waals surface area contributed by atoms with Crippen LogP contribution in [0.2, 0.25) is 0 Å². The zero-order chi connectivity index (χ0) is 22.3. The summed E-state index contributed by atoms with van der Waals surface area (Å²) in [6, 6.07) is 0. The Bertz CT molecular complexity index is 488. The Morgan fingerprint density at radius 2 is 1.60 bits per heavy atom. The van der Waals surface area contributed by atoms with Gasteiger partial charge in [0.2, 0.25) is 0 Å². The maximum Gasteiger partial charge on any atom is 0.198 e. The van der Waals surface area contributed by atoms with Gasteiger partial charge in [0, 0.05) is 14.2 Å². The summed E-state index contributed by atoms with van der Waals surface area (Å²) in [6.45, 7) is 1.26. The van der Waals surface area contributed by atoms with Crippen LogP contribution in [-0.2, 0) is 47.0 Å². The maximum atomic E-state index is 10.5. The van der Waals surface area contributed by atoms with Gasteiger partial charge in [-0.05, 0) is 6.92 Å². The van der Waals surface area contributed by atoms with Crippen molar-refractivity contribution in [1.82, 2.24) is 0 Å². The van der Waals surface area contributed by atoms with Gasteiger partial charge in [-0.1, -0.05) is 5.04 Å². The van der Waals surface area contributed by atoms with Crippen LogP contribution < -0.4 is 0 Å². The van der Waals surface area contributed by atoms with Crippen LogP contribution in [0.15, 0.2) is 0 Å². The van der Waals surface area contributed by atoms with Gasteiger partial charge in [-0.2, -0.15) is 0 Å². The normalized spacial score (nSPS) is 42.4. The molecule has 2 aliphatic rings. The van der Waals surface area contributed by atoms with Crippen molar-refractivity contribution < 1.29 is 67.6 Å². The van der Waals surface area contributed by atoms with Crippen molar-refractivity contribution in [2.75, 3.05) is 27.9 Å². The number of aliphatic hydroxyl groups excluding tert-OH is 3. The number of methoxy groups -OCH3 is 2. The zero-order valence-electron chi connectivity index (χ0n) is 16.8. The first-order valence-corrected chi connectivity index (χ1v) is 9.58. The molecule has 2 rings (SSSR count). The molecule has 30 heavy (non-hydrogen) atoms.